The Balaban J connectivity index is 2.88. The Bertz CT molecular complexity index is 315. The minimum Gasteiger partial charge on any atom is -0.469 e. The van der Waals surface area contributed by atoms with Crippen LogP contribution in [0.4, 0.5) is 0 Å². The van der Waals surface area contributed by atoms with Gasteiger partial charge in [-0.05, 0) is 20.4 Å². The number of amides is 1. The first-order valence-electron chi connectivity index (χ1n) is 5.92. The Hall–Kier alpha value is -1.10. The predicted molar refractivity (Wildman–Crippen MR) is 64.5 cm³/mol. The van der Waals surface area contributed by atoms with Crippen molar-refractivity contribution in [2.45, 2.75) is 38.8 Å². The molecule has 1 saturated heterocycles. The van der Waals surface area contributed by atoms with Crippen LogP contribution in [0.1, 0.15) is 27.2 Å². The van der Waals surface area contributed by atoms with E-state index in [1.807, 2.05) is 25.7 Å². The van der Waals surface area contributed by atoms with Gasteiger partial charge in [0, 0.05) is 19.1 Å². The number of hydrogen-bond acceptors (Lipinski definition) is 4. The molecule has 1 fully saturated rings. The van der Waals surface area contributed by atoms with Crippen LogP contribution >= 0.6 is 0 Å². The molecule has 1 aliphatic rings. The molecule has 1 amide bonds. The normalized spacial score (nSPS) is 24.9. The second-order valence-electron chi connectivity index (χ2n) is 5.07. The molecule has 0 aromatic heterocycles. The van der Waals surface area contributed by atoms with Crippen molar-refractivity contribution in [1.82, 2.24) is 9.80 Å². The molecule has 1 rings (SSSR count). The Labute approximate surface area is 103 Å². The first-order chi connectivity index (χ1) is 7.83. The average Bonchev–Trinajstić information content (AvgIpc) is 2.29. The molecule has 0 bridgehead atoms. The summed E-state index contributed by atoms with van der Waals surface area (Å²) in [6.45, 7) is 7.58. The van der Waals surface area contributed by atoms with E-state index in [2.05, 4.69) is 4.74 Å². The molecular weight excluding hydrogens is 220 g/mol. The fourth-order valence-corrected chi connectivity index (χ4v) is 2.18. The highest BCUT2D eigenvalue weighted by atomic mass is 16.5. The highest BCUT2D eigenvalue weighted by molar-refractivity contribution is 5.87. The Kier molecular flexibility index (Phi) is 4.14. The summed E-state index contributed by atoms with van der Waals surface area (Å²) in [5.41, 5.74) is -0.195. The predicted octanol–water partition coefficient (Wildman–Crippen LogP) is 0.491. The van der Waals surface area contributed by atoms with Crippen molar-refractivity contribution >= 4 is 11.9 Å². The maximum Gasteiger partial charge on any atom is 0.307 e. The number of likely N-dealkylation sites (N-methyl/N-ethyl adjacent to an activating group) is 2. The highest BCUT2D eigenvalue weighted by Crippen LogP contribution is 2.25. The molecule has 1 aliphatic heterocycles. The van der Waals surface area contributed by atoms with Crippen molar-refractivity contribution in [2.75, 3.05) is 27.2 Å². The smallest absolute Gasteiger partial charge is 0.307 e. The monoisotopic (exact) mass is 242 g/mol. The van der Waals surface area contributed by atoms with E-state index in [-0.39, 0.29) is 29.9 Å². The number of carbonyl (C=O) groups is 2. The zero-order chi connectivity index (χ0) is 13.2. The molecule has 5 heteroatoms. The Morgan fingerprint density at radius 2 is 2.12 bits per heavy atom. The number of rotatable bonds is 3. The minimum absolute atomic E-state index is 0.00602. The summed E-state index contributed by atoms with van der Waals surface area (Å²) in [6, 6.07) is -0.384. The van der Waals surface area contributed by atoms with Crippen LogP contribution in [0.15, 0.2) is 0 Å². The molecule has 1 atom stereocenters. The lowest BCUT2D eigenvalue weighted by molar-refractivity contribution is -0.155. The lowest BCUT2D eigenvalue weighted by Crippen LogP contribution is -2.65. The van der Waals surface area contributed by atoms with Crippen LogP contribution in [0.2, 0.25) is 0 Å². The molecule has 0 N–H and O–H groups in total. The molecular formula is C12H22N2O3. The topological polar surface area (TPSA) is 49.9 Å². The lowest BCUT2D eigenvalue weighted by atomic mass is 9.94. The number of ether oxygens (including phenoxy) is 1. The first kappa shape index (κ1) is 14.0. The van der Waals surface area contributed by atoms with Gasteiger partial charge in [0.15, 0.2) is 0 Å². The number of nitrogens with zero attached hydrogens (tertiary/aromatic N) is 2. The SMILES string of the molecule is CCN1CC(C)(C)N(C)C(=O)C1CC(=O)OC. The quantitative estimate of drug-likeness (QED) is 0.676. The highest BCUT2D eigenvalue weighted by Gasteiger charge is 2.42. The molecule has 0 aromatic rings. The fraction of sp³-hybridized carbons (Fsp3) is 0.833. The van der Waals surface area contributed by atoms with E-state index in [9.17, 15) is 9.59 Å². The van der Waals surface area contributed by atoms with Gasteiger partial charge in [-0.3, -0.25) is 14.5 Å². The van der Waals surface area contributed by atoms with Gasteiger partial charge >= 0.3 is 5.97 Å². The minimum atomic E-state index is -0.384. The van der Waals surface area contributed by atoms with Gasteiger partial charge in [0.2, 0.25) is 5.91 Å². The molecule has 17 heavy (non-hydrogen) atoms. The van der Waals surface area contributed by atoms with Crippen LogP contribution in [0.5, 0.6) is 0 Å². The largest absolute Gasteiger partial charge is 0.469 e. The van der Waals surface area contributed by atoms with Crippen LogP contribution < -0.4 is 0 Å². The summed E-state index contributed by atoms with van der Waals surface area (Å²) < 4.78 is 4.64. The summed E-state index contributed by atoms with van der Waals surface area (Å²) in [6.07, 6.45) is 0.129. The summed E-state index contributed by atoms with van der Waals surface area (Å²) in [5, 5.41) is 0. The molecule has 98 valence electrons. The molecule has 0 aromatic carbocycles. The molecule has 5 nitrogen and oxygen atoms in total. The Morgan fingerprint density at radius 3 is 2.59 bits per heavy atom. The van der Waals surface area contributed by atoms with E-state index in [0.29, 0.717) is 0 Å². The molecule has 0 spiro atoms. The van der Waals surface area contributed by atoms with Gasteiger partial charge in [-0.2, -0.15) is 0 Å². The average molecular weight is 242 g/mol. The maximum atomic E-state index is 12.2. The van der Waals surface area contributed by atoms with Gasteiger partial charge in [-0.25, -0.2) is 0 Å². The van der Waals surface area contributed by atoms with Crippen molar-refractivity contribution in [3.63, 3.8) is 0 Å². The van der Waals surface area contributed by atoms with E-state index in [1.165, 1.54) is 7.11 Å². The molecule has 0 saturated carbocycles. The van der Waals surface area contributed by atoms with Crippen molar-refractivity contribution in [3.05, 3.63) is 0 Å². The third kappa shape index (κ3) is 2.77. The number of carbonyl (C=O) groups excluding carboxylic acids is 2. The van der Waals surface area contributed by atoms with E-state index >= 15 is 0 Å². The second kappa shape index (κ2) is 5.04. The van der Waals surface area contributed by atoms with E-state index < -0.39 is 0 Å². The third-order valence-corrected chi connectivity index (χ3v) is 3.55. The van der Waals surface area contributed by atoms with Crippen molar-refractivity contribution in [3.8, 4) is 0 Å². The first-order valence-corrected chi connectivity index (χ1v) is 5.92. The van der Waals surface area contributed by atoms with Gasteiger partial charge < -0.3 is 9.64 Å². The van der Waals surface area contributed by atoms with E-state index in [0.717, 1.165) is 13.1 Å². The van der Waals surface area contributed by atoms with Gasteiger partial charge in [0.25, 0.3) is 0 Å². The number of hydrogen-bond donors (Lipinski definition) is 0. The van der Waals surface area contributed by atoms with Gasteiger partial charge in [0.1, 0.15) is 0 Å². The number of methoxy groups -OCH3 is 1. The van der Waals surface area contributed by atoms with Crippen LogP contribution in [0.25, 0.3) is 0 Å². The number of piperazine rings is 1. The van der Waals surface area contributed by atoms with Crippen LogP contribution in [-0.4, -0.2) is 60.5 Å². The Morgan fingerprint density at radius 1 is 1.53 bits per heavy atom. The van der Waals surface area contributed by atoms with Crippen molar-refractivity contribution in [2.24, 2.45) is 0 Å². The molecule has 1 unspecified atom stereocenters. The molecule has 1 heterocycles. The van der Waals surface area contributed by atoms with Crippen molar-refractivity contribution < 1.29 is 14.3 Å². The maximum absolute atomic E-state index is 12.2. The van der Waals surface area contributed by atoms with Crippen molar-refractivity contribution in [1.29, 1.82) is 0 Å². The second-order valence-corrected chi connectivity index (χ2v) is 5.07. The molecule has 0 radical (unpaired) electrons. The van der Waals surface area contributed by atoms with Gasteiger partial charge in [0.05, 0.1) is 19.6 Å². The van der Waals surface area contributed by atoms with E-state index in [4.69, 9.17) is 0 Å². The number of esters is 1. The van der Waals surface area contributed by atoms with Crippen LogP contribution in [0.3, 0.4) is 0 Å². The van der Waals surface area contributed by atoms with Gasteiger partial charge in [-0.1, -0.05) is 6.92 Å². The van der Waals surface area contributed by atoms with Gasteiger partial charge in [-0.15, -0.1) is 0 Å². The fourth-order valence-electron chi connectivity index (χ4n) is 2.18. The lowest BCUT2D eigenvalue weighted by Gasteiger charge is -2.48. The zero-order valence-corrected chi connectivity index (χ0v) is 11.3. The third-order valence-electron chi connectivity index (χ3n) is 3.55. The zero-order valence-electron chi connectivity index (χ0n) is 11.3. The summed E-state index contributed by atoms with van der Waals surface area (Å²) in [4.78, 5) is 27.3. The standard InChI is InChI=1S/C12H22N2O3/c1-6-14-8-12(2,3)13(4)11(16)9(14)7-10(15)17-5/h9H,6-8H2,1-5H3. The van der Waals surface area contributed by atoms with E-state index in [1.54, 1.807) is 11.9 Å². The van der Waals surface area contributed by atoms with Crippen LogP contribution in [0, 0.1) is 0 Å². The molecule has 0 aliphatic carbocycles. The summed E-state index contributed by atoms with van der Waals surface area (Å²) in [5.74, 6) is -0.344. The van der Waals surface area contributed by atoms with Crippen LogP contribution in [-0.2, 0) is 14.3 Å². The summed E-state index contributed by atoms with van der Waals surface area (Å²) in [7, 11) is 3.14. The summed E-state index contributed by atoms with van der Waals surface area (Å²) >= 11 is 0.